The van der Waals surface area contributed by atoms with Crippen molar-refractivity contribution in [3.63, 3.8) is 0 Å². The van der Waals surface area contributed by atoms with Crippen LogP contribution in [0.25, 0.3) is 0 Å². The minimum atomic E-state index is -2.43. The van der Waals surface area contributed by atoms with Gasteiger partial charge in [0.15, 0.2) is 5.78 Å². The van der Waals surface area contributed by atoms with Crippen LogP contribution in [-0.2, 0) is 47.7 Å². The molecule has 71 heavy (non-hydrogen) atoms. The van der Waals surface area contributed by atoms with Crippen LogP contribution in [0.15, 0.2) is 53.9 Å². The number of nitrogens with zero attached hydrogens (tertiary/aromatic N) is 5. The maximum atomic E-state index is 14.5. The number of ether oxygens (including phenoxy) is 5. The van der Waals surface area contributed by atoms with Crippen LogP contribution in [0.1, 0.15) is 132 Å². The lowest BCUT2D eigenvalue weighted by Gasteiger charge is -2.42. The first kappa shape index (κ1) is 59.3. The van der Waals surface area contributed by atoms with Crippen molar-refractivity contribution in [2.24, 2.45) is 35.5 Å². The van der Waals surface area contributed by atoms with Gasteiger partial charge in [-0.05, 0) is 117 Å². The summed E-state index contributed by atoms with van der Waals surface area (Å²) in [6.45, 7) is 12.8. The van der Waals surface area contributed by atoms with Crippen LogP contribution in [0, 0.1) is 35.5 Å². The molecular weight excluding hydrogens is 915 g/mol. The van der Waals surface area contributed by atoms with E-state index in [4.69, 9.17) is 28.8 Å². The molecule has 4 aliphatic rings. The molecule has 15 atom stereocenters. The van der Waals surface area contributed by atoms with Gasteiger partial charge in [0.25, 0.3) is 11.7 Å². The monoisotopic (exact) mass is 998 g/mol. The molecule has 2 bridgehead atoms. The van der Waals surface area contributed by atoms with Crippen molar-refractivity contribution >= 4 is 29.2 Å². The molecule has 3 aliphatic heterocycles. The minimum absolute atomic E-state index is 0.0170. The van der Waals surface area contributed by atoms with Crippen LogP contribution in [0.2, 0.25) is 0 Å². The fraction of sp³-hybridized carbons (Fsp3) is 0.736. The molecule has 1 amide bonds. The van der Waals surface area contributed by atoms with E-state index in [9.17, 15) is 34.2 Å². The van der Waals surface area contributed by atoms with Gasteiger partial charge in [-0.2, -0.15) is 0 Å². The summed E-state index contributed by atoms with van der Waals surface area (Å²) in [5.74, 6) is -7.92. The summed E-state index contributed by atoms with van der Waals surface area (Å²) in [7, 11) is 5.62. The summed E-state index contributed by atoms with van der Waals surface area (Å²) in [4.78, 5) is 72.3. The van der Waals surface area contributed by atoms with Crippen LogP contribution >= 0.6 is 0 Å². The highest BCUT2D eigenvalue weighted by molar-refractivity contribution is 6.39. The molecule has 0 spiro atoms. The number of carbonyl (C=O) groups is 5. The first-order chi connectivity index (χ1) is 33.8. The van der Waals surface area contributed by atoms with Crippen LogP contribution in [0.3, 0.4) is 0 Å². The van der Waals surface area contributed by atoms with E-state index in [2.05, 4.69) is 15.5 Å². The van der Waals surface area contributed by atoms with Gasteiger partial charge in [0.2, 0.25) is 5.79 Å². The zero-order valence-corrected chi connectivity index (χ0v) is 44.0. The number of amides is 1. The van der Waals surface area contributed by atoms with E-state index in [1.54, 1.807) is 52.1 Å². The maximum absolute atomic E-state index is 14.5. The molecule has 18 heteroatoms. The number of hydrogen-bond donors (Lipinski definition) is 3. The third-order valence-corrected chi connectivity index (χ3v) is 15.2. The molecule has 0 radical (unpaired) electrons. The fourth-order valence-electron chi connectivity index (χ4n) is 10.7. The lowest BCUT2D eigenvalue weighted by Crippen LogP contribution is -2.61. The van der Waals surface area contributed by atoms with E-state index in [1.165, 1.54) is 12.0 Å². The predicted octanol–water partition coefficient (Wildman–Crippen LogP) is 5.66. The Kier molecular flexibility index (Phi) is 23.6. The van der Waals surface area contributed by atoms with Crippen molar-refractivity contribution in [3.8, 4) is 0 Å². The molecule has 1 aliphatic carbocycles. The molecule has 5 rings (SSSR count). The van der Waals surface area contributed by atoms with E-state index in [-0.39, 0.29) is 60.9 Å². The number of methoxy groups -OCH3 is 3. The molecule has 4 heterocycles. The van der Waals surface area contributed by atoms with Gasteiger partial charge in [0.05, 0.1) is 24.4 Å². The van der Waals surface area contributed by atoms with Crippen LogP contribution in [0.5, 0.6) is 0 Å². The van der Waals surface area contributed by atoms with Crippen LogP contribution in [0.4, 0.5) is 0 Å². The molecule has 1 unspecified atom stereocenters. The topological polar surface area (TPSA) is 239 Å². The number of piperidine rings is 1. The molecule has 1 saturated carbocycles. The lowest BCUT2D eigenvalue weighted by molar-refractivity contribution is -0.265. The number of aliphatic hydroxyl groups is 3. The van der Waals surface area contributed by atoms with Crippen molar-refractivity contribution < 1.29 is 63.0 Å². The number of aromatic nitrogens is 4. The fourth-order valence-corrected chi connectivity index (χ4v) is 10.7. The molecule has 1 aromatic rings. The first-order valence-electron chi connectivity index (χ1n) is 25.5. The summed E-state index contributed by atoms with van der Waals surface area (Å²) in [6.07, 6.45) is 13.9. The molecule has 1 aromatic heterocycles. The minimum Gasteiger partial charge on any atom is -0.460 e. The number of Topliss-reactive ketones (excluding diaryl/α,β-unsaturated/α-hetero) is 3. The molecule has 3 fully saturated rings. The molecular formula is C53H83N5O13. The van der Waals surface area contributed by atoms with Crippen molar-refractivity contribution in [2.45, 2.75) is 180 Å². The Morgan fingerprint density at radius 2 is 1.61 bits per heavy atom. The number of aliphatic hydroxyl groups excluding tert-OH is 2. The van der Waals surface area contributed by atoms with Gasteiger partial charge in [-0.15, -0.1) is 5.10 Å². The van der Waals surface area contributed by atoms with Gasteiger partial charge >= 0.3 is 5.97 Å². The SMILES string of the molecule is CO.CO[C@H]1CC2CC[C@@H](C)[C@@](O)(O2)C(=O)C(=O)N2CCCC[C@H]2C(=O)O[C@H]([C@H](C)C[C@@H]2CC[C@H](n3cnnn3)[C@H](OC)C2)CC(=O)[C@H](C)/C=C(\C)[C@@H](O)[C@@H](OC)C(=O)[C@H](C)C[C@H](C)/C=C/C=CC=C1C. The average molecular weight is 998 g/mol. The second-order valence-electron chi connectivity index (χ2n) is 20.4. The van der Waals surface area contributed by atoms with Gasteiger partial charge in [-0.25, -0.2) is 9.48 Å². The number of allylic oxidation sites excluding steroid dienone is 6. The lowest BCUT2D eigenvalue weighted by atomic mass is 9.77. The Balaban J connectivity index is 0.00000540. The highest BCUT2D eigenvalue weighted by Gasteiger charge is 2.53. The average Bonchev–Trinajstić information content (AvgIpc) is 3.91. The summed E-state index contributed by atoms with van der Waals surface area (Å²) in [5.41, 5.74) is 1.27. The number of cyclic esters (lactones) is 1. The molecule has 3 N–H and O–H groups in total. The largest absolute Gasteiger partial charge is 0.460 e. The highest BCUT2D eigenvalue weighted by atomic mass is 16.6. The third kappa shape index (κ3) is 15.6. The van der Waals surface area contributed by atoms with Crippen molar-refractivity contribution in [3.05, 3.63) is 53.9 Å². The van der Waals surface area contributed by atoms with Crippen LogP contribution in [-0.4, -0.2) is 153 Å². The Bertz CT molecular complexity index is 2020. The van der Waals surface area contributed by atoms with Gasteiger partial charge in [-0.3, -0.25) is 19.2 Å². The maximum Gasteiger partial charge on any atom is 0.329 e. The summed E-state index contributed by atoms with van der Waals surface area (Å²) in [6, 6.07) is -1.19. The third-order valence-electron chi connectivity index (χ3n) is 15.2. The standard InChI is InChI=1S/C52H79N5O12.CH4O/c1-31-16-12-11-13-17-32(2)43(65-8)28-39-21-19-37(7)52(64,69-39)49(61)50(62)56-23-15-14-18-41(56)51(63)68-44(34(4)26-38-20-22-40(45(27-38)66-9)57-30-53-54-55-57)29-42(58)33(3)25-36(6)47(60)48(67-10)46(59)35(5)24-31;1-2/h11-13,16-17,25,30-31,33-35,37-41,43-45,47-48,60,64H,14-15,18-24,26-29H2,1-10H3;2H,1H3/b13-11?,16-12+,32-17?,36-25+;/t31-,33-,34-,35-,37-,38+,39?,40+,41+,43+,44+,45-,47-,48+,52-;/m1./s1. The summed E-state index contributed by atoms with van der Waals surface area (Å²) >= 11 is 0. The molecule has 0 aromatic carbocycles. The normalized spacial score (nSPS) is 36.6. The smallest absolute Gasteiger partial charge is 0.329 e. The highest BCUT2D eigenvalue weighted by Crippen LogP contribution is 2.39. The number of carbonyl (C=O) groups excluding carboxylic acids is 5. The Morgan fingerprint density at radius 1 is 0.873 bits per heavy atom. The van der Waals surface area contributed by atoms with E-state index in [1.807, 2.05) is 58.1 Å². The number of rotatable bonds is 7. The van der Waals surface area contributed by atoms with E-state index < -0.39 is 77.8 Å². The Hall–Kier alpha value is -4.30. The number of ketones is 3. The first-order valence-corrected chi connectivity index (χ1v) is 25.5. The summed E-state index contributed by atoms with van der Waals surface area (Å²) in [5, 5.41) is 42.2. The summed E-state index contributed by atoms with van der Waals surface area (Å²) < 4.78 is 31.6. The molecule has 18 nitrogen and oxygen atoms in total. The van der Waals surface area contributed by atoms with Crippen molar-refractivity contribution in [1.29, 1.82) is 0 Å². The van der Waals surface area contributed by atoms with Crippen molar-refractivity contribution in [1.82, 2.24) is 25.1 Å². The number of hydrogen-bond acceptors (Lipinski definition) is 16. The van der Waals surface area contributed by atoms with Gasteiger partial charge in [0.1, 0.15) is 36.5 Å². The van der Waals surface area contributed by atoms with E-state index >= 15 is 0 Å². The predicted molar refractivity (Wildman–Crippen MR) is 264 cm³/mol. The zero-order valence-electron chi connectivity index (χ0n) is 44.0. The van der Waals surface area contributed by atoms with Crippen LogP contribution < -0.4 is 0 Å². The van der Waals surface area contributed by atoms with Gasteiger partial charge in [0, 0.05) is 65.6 Å². The molecule has 398 valence electrons. The van der Waals surface area contributed by atoms with Crippen molar-refractivity contribution in [2.75, 3.05) is 35.0 Å². The van der Waals surface area contributed by atoms with Gasteiger partial charge < -0.3 is 43.9 Å². The zero-order chi connectivity index (χ0) is 52.6. The second-order valence-corrected chi connectivity index (χ2v) is 20.4. The quantitative estimate of drug-likeness (QED) is 0.170. The second kappa shape index (κ2) is 28.2. The number of esters is 1. The van der Waals surface area contributed by atoms with E-state index in [0.717, 1.165) is 25.5 Å². The Morgan fingerprint density at radius 3 is 2.27 bits per heavy atom. The number of tetrazole rings is 1. The number of fused-ring (bicyclic) bond motifs is 3. The van der Waals surface area contributed by atoms with Gasteiger partial charge in [-0.1, -0.05) is 71.1 Å². The Labute approximate surface area is 420 Å². The van der Waals surface area contributed by atoms with E-state index in [0.29, 0.717) is 56.9 Å². The molecule has 2 saturated heterocycles.